The molecular weight excluding hydrogens is 448 g/mol. The number of hydrogen-bond acceptors (Lipinski definition) is 7. The summed E-state index contributed by atoms with van der Waals surface area (Å²) in [5, 5.41) is 22.2. The summed E-state index contributed by atoms with van der Waals surface area (Å²) < 4.78 is 15.8. The van der Waals surface area contributed by atoms with Crippen molar-refractivity contribution in [2.24, 2.45) is 22.7 Å². The highest BCUT2D eigenvalue weighted by molar-refractivity contribution is 5.84. The number of allylic oxidation sites excluding steroid dienone is 3. The highest BCUT2D eigenvalue weighted by Gasteiger charge is 2.73. The van der Waals surface area contributed by atoms with Crippen molar-refractivity contribution in [3.05, 3.63) is 23.3 Å². The molecule has 0 spiro atoms. The molecule has 0 aromatic heterocycles. The number of carbonyl (C=O) groups is 2. The lowest BCUT2D eigenvalue weighted by atomic mass is 9.47. The molecule has 4 aliphatic rings. The summed E-state index contributed by atoms with van der Waals surface area (Å²) in [5.41, 5.74) is 0.802. The Bertz CT molecular complexity index is 940. The first-order valence-electron chi connectivity index (χ1n) is 13.1. The molecule has 2 heterocycles. The molecule has 0 radical (unpaired) electrons. The van der Waals surface area contributed by atoms with Crippen LogP contribution in [0.25, 0.3) is 0 Å². The summed E-state index contributed by atoms with van der Waals surface area (Å²) in [6.45, 7) is 12.7. The predicted octanol–water partition coefficient (Wildman–Crippen LogP) is 4.21. The van der Waals surface area contributed by atoms with Gasteiger partial charge in [0, 0.05) is 13.3 Å². The molecule has 0 amide bonds. The Labute approximate surface area is 208 Å². The number of carbonyl (C=O) groups excluding carboxylic acids is 2. The van der Waals surface area contributed by atoms with Crippen molar-refractivity contribution in [1.29, 1.82) is 0 Å². The van der Waals surface area contributed by atoms with E-state index in [0.29, 0.717) is 11.8 Å². The van der Waals surface area contributed by atoms with Crippen molar-refractivity contribution in [1.82, 2.24) is 0 Å². The zero-order valence-corrected chi connectivity index (χ0v) is 22.1. The smallest absolute Gasteiger partial charge is 0.345 e. The average Bonchev–Trinajstić information content (AvgIpc) is 3.20. The zero-order chi connectivity index (χ0) is 25.8. The van der Waals surface area contributed by atoms with Gasteiger partial charge in [0.1, 0.15) is 0 Å². The second kappa shape index (κ2) is 9.00. The summed E-state index contributed by atoms with van der Waals surface area (Å²) in [6.07, 6.45) is 8.62. The van der Waals surface area contributed by atoms with Crippen molar-refractivity contribution in [3.63, 3.8) is 0 Å². The molecule has 8 atom stereocenters. The molecule has 0 aromatic rings. The zero-order valence-electron chi connectivity index (χ0n) is 22.1. The van der Waals surface area contributed by atoms with Crippen LogP contribution in [0.15, 0.2) is 23.3 Å². The quantitative estimate of drug-likeness (QED) is 0.425. The van der Waals surface area contributed by atoms with Crippen LogP contribution in [0.5, 0.6) is 0 Å². The largest absolute Gasteiger partial charge is 0.456 e. The standard InChI is InChI=1S/C28H42O7/c1-17(10-13-25(5)19(3)12-14-26(6)18(2)8-7-9-22(25)26)11-15-27(31)24(30)35-23-21(34-20(4)29)16-33-28(23,27)32/h8,11,19,21-23,31-32H,7,9-10,12-16H2,1-6H3/b17-11+/t19-,21+,22-,23-,25+,26+,27-,28+/m1/s1. The van der Waals surface area contributed by atoms with Crippen LogP contribution < -0.4 is 0 Å². The molecular formula is C28H42O7. The lowest BCUT2D eigenvalue weighted by molar-refractivity contribution is -0.261. The van der Waals surface area contributed by atoms with E-state index in [2.05, 4.69) is 33.8 Å². The Hall–Kier alpha value is -1.70. The van der Waals surface area contributed by atoms with Gasteiger partial charge in [0.05, 0.1) is 6.61 Å². The molecule has 0 bridgehead atoms. The van der Waals surface area contributed by atoms with Crippen LogP contribution >= 0.6 is 0 Å². The molecule has 0 aromatic carbocycles. The van der Waals surface area contributed by atoms with E-state index in [-0.39, 0.29) is 23.9 Å². The predicted molar refractivity (Wildman–Crippen MR) is 130 cm³/mol. The van der Waals surface area contributed by atoms with Crippen LogP contribution in [0.2, 0.25) is 0 Å². The molecule has 2 N–H and O–H groups in total. The third-order valence-corrected chi connectivity index (χ3v) is 10.1. The summed E-state index contributed by atoms with van der Waals surface area (Å²) in [4.78, 5) is 23.9. The first-order valence-corrected chi connectivity index (χ1v) is 13.1. The highest BCUT2D eigenvalue weighted by Crippen LogP contribution is 2.62. The van der Waals surface area contributed by atoms with Gasteiger partial charge in [0.2, 0.25) is 11.4 Å². The SMILES string of the molecule is CC(=O)O[C@H]1CO[C@@]2(O)[C@@H]1OC(=O)[C@]2(O)C/C=C(\C)CC[C@@]1(C)[C@H](C)CC[C@@]2(C)C(C)=CCC[C@H]12. The van der Waals surface area contributed by atoms with Crippen molar-refractivity contribution in [3.8, 4) is 0 Å². The van der Waals surface area contributed by atoms with E-state index < -0.39 is 35.5 Å². The van der Waals surface area contributed by atoms with Gasteiger partial charge in [-0.2, -0.15) is 0 Å². The molecule has 2 saturated heterocycles. The fraction of sp³-hybridized carbons (Fsp3) is 0.786. The van der Waals surface area contributed by atoms with E-state index in [4.69, 9.17) is 14.2 Å². The monoisotopic (exact) mass is 490 g/mol. The van der Waals surface area contributed by atoms with E-state index >= 15 is 0 Å². The molecule has 2 aliphatic carbocycles. The van der Waals surface area contributed by atoms with Gasteiger partial charge >= 0.3 is 11.9 Å². The average molecular weight is 491 g/mol. The van der Waals surface area contributed by atoms with E-state index in [1.807, 2.05) is 13.0 Å². The minimum Gasteiger partial charge on any atom is -0.456 e. The maximum absolute atomic E-state index is 12.6. The summed E-state index contributed by atoms with van der Waals surface area (Å²) in [5.74, 6) is -2.52. The topological polar surface area (TPSA) is 102 Å². The van der Waals surface area contributed by atoms with E-state index in [1.54, 1.807) is 0 Å². The molecule has 196 valence electrons. The van der Waals surface area contributed by atoms with Crippen molar-refractivity contribution >= 4 is 11.9 Å². The second-order valence-electron chi connectivity index (χ2n) is 12.0. The van der Waals surface area contributed by atoms with Crippen LogP contribution in [0.4, 0.5) is 0 Å². The maximum atomic E-state index is 12.6. The summed E-state index contributed by atoms with van der Waals surface area (Å²) >= 11 is 0. The molecule has 7 nitrogen and oxygen atoms in total. The molecule has 4 rings (SSSR count). The van der Waals surface area contributed by atoms with Crippen molar-refractivity contribution in [2.45, 2.75) is 110 Å². The fourth-order valence-electron chi connectivity index (χ4n) is 7.26. The molecule has 35 heavy (non-hydrogen) atoms. The lowest BCUT2D eigenvalue weighted by Crippen LogP contribution is -2.57. The van der Waals surface area contributed by atoms with Gasteiger partial charge in [-0.3, -0.25) is 4.79 Å². The van der Waals surface area contributed by atoms with Crippen LogP contribution in [0.1, 0.15) is 86.5 Å². The Morgan fingerprint density at radius 2 is 1.97 bits per heavy atom. The maximum Gasteiger partial charge on any atom is 0.345 e. The lowest BCUT2D eigenvalue weighted by Gasteiger charge is -2.58. The minimum absolute atomic E-state index is 0.132. The third-order valence-electron chi connectivity index (χ3n) is 10.1. The fourth-order valence-corrected chi connectivity index (χ4v) is 7.26. The second-order valence-corrected chi connectivity index (χ2v) is 12.0. The van der Waals surface area contributed by atoms with Gasteiger partial charge in [0.15, 0.2) is 12.2 Å². The Kier molecular flexibility index (Phi) is 6.78. The number of hydrogen-bond donors (Lipinski definition) is 2. The third kappa shape index (κ3) is 4.08. The van der Waals surface area contributed by atoms with E-state index in [9.17, 15) is 19.8 Å². The van der Waals surface area contributed by atoms with Crippen molar-refractivity contribution in [2.75, 3.05) is 6.61 Å². The molecule has 0 unspecified atom stereocenters. The van der Waals surface area contributed by atoms with Gasteiger partial charge in [-0.15, -0.1) is 0 Å². The molecule has 2 aliphatic heterocycles. The molecule has 3 fully saturated rings. The van der Waals surface area contributed by atoms with Gasteiger partial charge in [-0.1, -0.05) is 44.1 Å². The Morgan fingerprint density at radius 3 is 2.66 bits per heavy atom. The number of fused-ring (bicyclic) bond motifs is 2. The van der Waals surface area contributed by atoms with E-state index in [1.165, 1.54) is 31.8 Å². The Balaban J connectivity index is 1.46. The van der Waals surface area contributed by atoms with Gasteiger partial charge in [-0.05, 0) is 75.0 Å². The highest BCUT2D eigenvalue weighted by atomic mass is 16.7. The number of aliphatic hydroxyl groups is 2. The summed E-state index contributed by atoms with van der Waals surface area (Å²) in [6, 6.07) is 0. The van der Waals surface area contributed by atoms with Crippen LogP contribution in [-0.4, -0.2) is 52.4 Å². The number of ether oxygens (including phenoxy) is 3. The number of rotatable bonds is 6. The first-order chi connectivity index (χ1) is 16.3. The van der Waals surface area contributed by atoms with Crippen LogP contribution in [-0.2, 0) is 23.8 Å². The van der Waals surface area contributed by atoms with Crippen LogP contribution in [0.3, 0.4) is 0 Å². The van der Waals surface area contributed by atoms with Gasteiger partial charge in [0.25, 0.3) is 0 Å². The van der Waals surface area contributed by atoms with Crippen LogP contribution in [0, 0.1) is 22.7 Å². The normalized spacial score (nSPS) is 45.4. The number of esters is 2. The Morgan fingerprint density at radius 1 is 1.26 bits per heavy atom. The minimum atomic E-state index is -2.25. The summed E-state index contributed by atoms with van der Waals surface area (Å²) in [7, 11) is 0. The first kappa shape index (κ1) is 26.4. The molecule has 7 heteroatoms. The van der Waals surface area contributed by atoms with Crippen molar-refractivity contribution < 1.29 is 34.0 Å². The molecule has 1 saturated carbocycles. The van der Waals surface area contributed by atoms with Gasteiger partial charge in [-0.25, -0.2) is 4.79 Å². The van der Waals surface area contributed by atoms with Gasteiger partial charge < -0.3 is 24.4 Å². The van der Waals surface area contributed by atoms with E-state index in [0.717, 1.165) is 24.8 Å².